The molecule has 82 valence electrons. The Labute approximate surface area is 91.9 Å². The molecule has 1 heterocycles. The fourth-order valence-electron chi connectivity index (χ4n) is 1.01. The van der Waals surface area contributed by atoms with Gasteiger partial charge in [-0.15, -0.1) is 11.3 Å². The van der Waals surface area contributed by atoms with E-state index >= 15 is 0 Å². The van der Waals surface area contributed by atoms with Crippen molar-refractivity contribution in [1.29, 1.82) is 0 Å². The molecule has 0 atom stereocenters. The highest BCUT2D eigenvalue weighted by molar-refractivity contribution is 7.11. The van der Waals surface area contributed by atoms with Crippen molar-refractivity contribution in [1.82, 2.24) is 15.6 Å². The maximum absolute atomic E-state index is 11.5. The summed E-state index contributed by atoms with van der Waals surface area (Å²) >= 11 is 1.31. The van der Waals surface area contributed by atoms with Gasteiger partial charge in [0.2, 0.25) is 5.91 Å². The summed E-state index contributed by atoms with van der Waals surface area (Å²) in [6, 6.07) is 0. The van der Waals surface area contributed by atoms with E-state index in [9.17, 15) is 9.59 Å². The van der Waals surface area contributed by atoms with Crippen LogP contribution in [0.25, 0.3) is 0 Å². The second-order valence-electron chi connectivity index (χ2n) is 3.01. The van der Waals surface area contributed by atoms with Gasteiger partial charge in [0.05, 0.1) is 11.2 Å². The first-order valence-corrected chi connectivity index (χ1v) is 5.42. The highest BCUT2D eigenvalue weighted by atomic mass is 32.1. The number of aryl methyl sites for hydroxylation is 1. The molecule has 1 rings (SSSR count). The van der Waals surface area contributed by atoms with Crippen LogP contribution in [-0.2, 0) is 4.79 Å². The summed E-state index contributed by atoms with van der Waals surface area (Å²) in [4.78, 5) is 26.7. The average molecular weight is 227 g/mol. The van der Waals surface area contributed by atoms with Gasteiger partial charge in [-0.3, -0.25) is 9.59 Å². The van der Waals surface area contributed by atoms with E-state index in [1.54, 1.807) is 12.4 Å². The normalized spacial score (nSPS) is 9.73. The van der Waals surface area contributed by atoms with E-state index in [2.05, 4.69) is 15.6 Å². The highest BCUT2D eigenvalue weighted by Gasteiger charge is 2.10. The predicted molar refractivity (Wildman–Crippen MR) is 57.9 cm³/mol. The van der Waals surface area contributed by atoms with Crippen LogP contribution in [0, 0.1) is 6.92 Å². The summed E-state index contributed by atoms with van der Waals surface area (Å²) in [6.45, 7) is 4.10. The summed E-state index contributed by atoms with van der Waals surface area (Å²) in [5.74, 6) is -0.237. The lowest BCUT2D eigenvalue weighted by molar-refractivity contribution is -0.118. The van der Waals surface area contributed by atoms with Crippen LogP contribution in [0.2, 0.25) is 0 Å². The third-order valence-electron chi connectivity index (χ3n) is 1.74. The maximum atomic E-state index is 11.5. The first kappa shape index (κ1) is 11.6. The number of carbonyl (C=O) groups excluding carboxylic acids is 2. The number of hydrogen-bond acceptors (Lipinski definition) is 4. The van der Waals surface area contributed by atoms with E-state index < -0.39 is 0 Å². The van der Waals surface area contributed by atoms with E-state index in [-0.39, 0.29) is 11.8 Å². The van der Waals surface area contributed by atoms with Gasteiger partial charge in [0.1, 0.15) is 4.88 Å². The minimum atomic E-state index is -0.139. The number of aromatic nitrogens is 1. The van der Waals surface area contributed by atoms with Crippen LogP contribution in [0.3, 0.4) is 0 Å². The van der Waals surface area contributed by atoms with Gasteiger partial charge in [0.25, 0.3) is 5.91 Å². The number of nitrogens with zero attached hydrogens (tertiary/aromatic N) is 1. The molecule has 6 heteroatoms. The van der Waals surface area contributed by atoms with Crippen LogP contribution >= 0.6 is 11.3 Å². The summed E-state index contributed by atoms with van der Waals surface area (Å²) < 4.78 is 0. The van der Waals surface area contributed by atoms with Crippen LogP contribution in [0.15, 0.2) is 5.51 Å². The molecule has 0 aliphatic rings. The van der Waals surface area contributed by atoms with Crippen LogP contribution in [0.4, 0.5) is 0 Å². The molecule has 2 amide bonds. The molecule has 1 aromatic heterocycles. The molecular weight excluding hydrogens is 214 g/mol. The quantitative estimate of drug-likeness (QED) is 0.728. The largest absolute Gasteiger partial charge is 0.355 e. The highest BCUT2D eigenvalue weighted by Crippen LogP contribution is 2.10. The number of hydrogen-bond donors (Lipinski definition) is 2. The lowest BCUT2D eigenvalue weighted by atomic mass is 10.4. The van der Waals surface area contributed by atoms with Crippen molar-refractivity contribution in [2.75, 3.05) is 13.1 Å². The Morgan fingerprint density at radius 1 is 1.40 bits per heavy atom. The molecule has 2 N–H and O–H groups in total. The summed E-state index contributed by atoms with van der Waals surface area (Å²) in [5.41, 5.74) is 2.37. The number of carbonyl (C=O) groups is 2. The molecule has 0 bridgehead atoms. The molecule has 0 fully saturated rings. The topological polar surface area (TPSA) is 71.1 Å². The van der Waals surface area contributed by atoms with Gasteiger partial charge in [-0.05, 0) is 6.92 Å². The average Bonchev–Trinajstić information content (AvgIpc) is 2.58. The fraction of sp³-hybridized carbons (Fsp3) is 0.444. The van der Waals surface area contributed by atoms with Gasteiger partial charge < -0.3 is 10.6 Å². The molecule has 0 aliphatic heterocycles. The molecule has 0 saturated heterocycles. The Morgan fingerprint density at radius 2 is 2.07 bits per heavy atom. The molecule has 0 saturated carbocycles. The number of amides is 2. The molecular formula is C9H13N3O2S. The van der Waals surface area contributed by atoms with Gasteiger partial charge in [-0.25, -0.2) is 4.98 Å². The molecule has 0 radical (unpaired) electrons. The van der Waals surface area contributed by atoms with Crippen molar-refractivity contribution in [3.63, 3.8) is 0 Å². The molecule has 1 aromatic rings. The van der Waals surface area contributed by atoms with Crippen molar-refractivity contribution >= 4 is 23.2 Å². The minimum Gasteiger partial charge on any atom is -0.355 e. The molecule has 0 aromatic carbocycles. The second-order valence-corrected chi connectivity index (χ2v) is 3.86. The zero-order valence-corrected chi connectivity index (χ0v) is 9.48. The van der Waals surface area contributed by atoms with Crippen molar-refractivity contribution < 1.29 is 9.59 Å². The third kappa shape index (κ3) is 3.67. The predicted octanol–water partition coefficient (Wildman–Crippen LogP) is 0.317. The molecule has 0 unspecified atom stereocenters. The van der Waals surface area contributed by atoms with E-state index in [0.29, 0.717) is 18.0 Å². The van der Waals surface area contributed by atoms with Crippen LogP contribution in [0.1, 0.15) is 22.3 Å². The first-order valence-electron chi connectivity index (χ1n) is 4.54. The first-order chi connectivity index (χ1) is 7.11. The van der Waals surface area contributed by atoms with Gasteiger partial charge in [-0.2, -0.15) is 0 Å². The van der Waals surface area contributed by atoms with E-state index in [0.717, 1.165) is 5.69 Å². The van der Waals surface area contributed by atoms with Gasteiger partial charge in [0, 0.05) is 20.0 Å². The lowest BCUT2D eigenvalue weighted by Crippen LogP contribution is -2.33. The number of thiazole rings is 1. The standard InChI is InChI=1S/C9H13N3O2S/c1-6-8(15-5-12-6)9(14)11-4-3-10-7(2)13/h5H,3-4H2,1-2H3,(H,10,13)(H,11,14). The molecule has 0 aliphatic carbocycles. The van der Waals surface area contributed by atoms with Gasteiger partial charge >= 0.3 is 0 Å². The zero-order valence-electron chi connectivity index (χ0n) is 8.66. The second kappa shape index (κ2) is 5.45. The van der Waals surface area contributed by atoms with Crippen molar-refractivity contribution in [2.45, 2.75) is 13.8 Å². The molecule has 5 nitrogen and oxygen atoms in total. The van der Waals surface area contributed by atoms with E-state index in [1.807, 2.05) is 0 Å². The van der Waals surface area contributed by atoms with Crippen molar-refractivity contribution in [3.8, 4) is 0 Å². The van der Waals surface area contributed by atoms with Crippen LogP contribution < -0.4 is 10.6 Å². The summed E-state index contributed by atoms with van der Waals surface area (Å²) in [5, 5.41) is 5.29. The molecule has 15 heavy (non-hydrogen) atoms. The SMILES string of the molecule is CC(=O)NCCNC(=O)c1scnc1C. The monoisotopic (exact) mass is 227 g/mol. The Morgan fingerprint density at radius 3 is 2.60 bits per heavy atom. The minimum absolute atomic E-state index is 0.0989. The fourth-order valence-corrected chi connectivity index (χ4v) is 1.73. The molecule has 0 spiro atoms. The van der Waals surface area contributed by atoms with E-state index in [4.69, 9.17) is 0 Å². The van der Waals surface area contributed by atoms with Gasteiger partial charge in [0.15, 0.2) is 0 Å². The number of rotatable bonds is 4. The zero-order chi connectivity index (χ0) is 11.3. The van der Waals surface area contributed by atoms with Crippen molar-refractivity contribution in [2.24, 2.45) is 0 Å². The van der Waals surface area contributed by atoms with Crippen LogP contribution in [0.5, 0.6) is 0 Å². The smallest absolute Gasteiger partial charge is 0.263 e. The number of nitrogens with one attached hydrogen (secondary N) is 2. The third-order valence-corrected chi connectivity index (χ3v) is 2.66. The van der Waals surface area contributed by atoms with Crippen molar-refractivity contribution in [3.05, 3.63) is 16.1 Å². The summed E-state index contributed by atoms with van der Waals surface area (Å²) in [7, 11) is 0. The Bertz CT molecular complexity index is 362. The Kier molecular flexibility index (Phi) is 4.23. The summed E-state index contributed by atoms with van der Waals surface area (Å²) in [6.07, 6.45) is 0. The maximum Gasteiger partial charge on any atom is 0.263 e. The van der Waals surface area contributed by atoms with E-state index in [1.165, 1.54) is 18.3 Å². The lowest BCUT2D eigenvalue weighted by Gasteiger charge is -2.04. The van der Waals surface area contributed by atoms with Crippen LogP contribution in [-0.4, -0.2) is 29.9 Å². The Balaban J connectivity index is 2.31. The Hall–Kier alpha value is -1.43. The van der Waals surface area contributed by atoms with Gasteiger partial charge in [-0.1, -0.05) is 0 Å².